The molecule has 1 aromatic rings. The Morgan fingerprint density at radius 2 is 2.38 bits per heavy atom. The highest BCUT2D eigenvalue weighted by molar-refractivity contribution is 9.10. The number of methoxy groups -OCH3 is 1. The van der Waals surface area contributed by atoms with Gasteiger partial charge in [-0.2, -0.15) is 0 Å². The quantitative estimate of drug-likeness (QED) is 0.925. The van der Waals surface area contributed by atoms with Crippen LogP contribution in [0.25, 0.3) is 0 Å². The summed E-state index contributed by atoms with van der Waals surface area (Å²) in [7, 11) is 1.78. The molecule has 90 valence electrons. The zero-order chi connectivity index (χ0) is 11.8. The van der Waals surface area contributed by atoms with Gasteiger partial charge >= 0.3 is 0 Å². The lowest BCUT2D eigenvalue weighted by Gasteiger charge is -2.51. The third kappa shape index (κ3) is 2.06. The molecule has 1 N–H and O–H groups in total. The maximum absolute atomic E-state index is 5.42. The van der Waals surface area contributed by atoms with E-state index >= 15 is 0 Å². The van der Waals surface area contributed by atoms with E-state index in [1.165, 1.54) is 0 Å². The molecule has 0 saturated heterocycles. The topological polar surface area (TPSA) is 34.4 Å². The van der Waals surface area contributed by atoms with Crippen molar-refractivity contribution in [3.8, 4) is 0 Å². The third-order valence-corrected chi connectivity index (χ3v) is 4.37. The predicted octanol–water partition coefficient (Wildman–Crippen LogP) is 2.95. The van der Waals surface area contributed by atoms with Gasteiger partial charge in [0.15, 0.2) is 0 Å². The lowest BCUT2D eigenvalue weighted by Crippen LogP contribution is -2.60. The monoisotopic (exact) mass is 287 g/mol. The highest BCUT2D eigenvalue weighted by Gasteiger charge is 2.48. The Bertz CT molecular complexity index is 362. The molecule has 2 rings (SSSR count). The van der Waals surface area contributed by atoms with Gasteiger partial charge in [0.05, 0.1) is 23.4 Å². The number of ether oxygens (including phenoxy) is 1. The van der Waals surface area contributed by atoms with Crippen LogP contribution in [-0.2, 0) is 11.3 Å². The zero-order valence-corrected chi connectivity index (χ0v) is 11.5. The lowest BCUT2D eigenvalue weighted by molar-refractivity contribution is -0.0982. The van der Waals surface area contributed by atoms with E-state index < -0.39 is 0 Å². The van der Waals surface area contributed by atoms with Gasteiger partial charge in [-0.25, -0.2) is 0 Å². The summed E-state index contributed by atoms with van der Waals surface area (Å²) in [5.74, 6) is 0.955. The Kier molecular flexibility index (Phi) is 3.42. The fraction of sp³-hybridized carbons (Fsp3) is 0.667. The number of hydrogen-bond acceptors (Lipinski definition) is 3. The Morgan fingerprint density at radius 1 is 1.62 bits per heavy atom. The lowest BCUT2D eigenvalue weighted by atomic mass is 9.64. The van der Waals surface area contributed by atoms with Gasteiger partial charge in [-0.15, -0.1) is 0 Å². The molecule has 16 heavy (non-hydrogen) atoms. The molecule has 2 unspecified atom stereocenters. The largest absolute Gasteiger partial charge is 0.467 e. The van der Waals surface area contributed by atoms with Gasteiger partial charge in [0, 0.05) is 18.6 Å². The molecule has 1 saturated carbocycles. The summed E-state index contributed by atoms with van der Waals surface area (Å²) in [5, 5.41) is 3.51. The maximum atomic E-state index is 5.42. The first-order valence-electron chi connectivity index (χ1n) is 5.53. The number of hydrogen-bond donors (Lipinski definition) is 1. The van der Waals surface area contributed by atoms with Crippen molar-refractivity contribution in [3.63, 3.8) is 0 Å². The van der Waals surface area contributed by atoms with E-state index in [9.17, 15) is 0 Å². The van der Waals surface area contributed by atoms with Crippen molar-refractivity contribution in [2.24, 2.45) is 5.41 Å². The molecular formula is C12H18BrNO2. The smallest absolute Gasteiger partial charge is 0.131 e. The molecular weight excluding hydrogens is 270 g/mol. The molecule has 1 aliphatic rings. The van der Waals surface area contributed by atoms with Crippen molar-refractivity contribution in [3.05, 3.63) is 22.6 Å². The number of furan rings is 1. The molecule has 1 fully saturated rings. The van der Waals surface area contributed by atoms with Crippen LogP contribution in [0.3, 0.4) is 0 Å². The highest BCUT2D eigenvalue weighted by Crippen LogP contribution is 2.42. The summed E-state index contributed by atoms with van der Waals surface area (Å²) in [6.45, 7) is 5.23. The molecule has 1 aromatic heterocycles. The minimum Gasteiger partial charge on any atom is -0.467 e. The van der Waals surface area contributed by atoms with Gasteiger partial charge in [-0.3, -0.25) is 0 Å². The first kappa shape index (κ1) is 12.1. The van der Waals surface area contributed by atoms with Crippen LogP contribution in [0.5, 0.6) is 0 Å². The van der Waals surface area contributed by atoms with Gasteiger partial charge in [0.2, 0.25) is 0 Å². The van der Waals surface area contributed by atoms with Gasteiger partial charge in [-0.05, 0) is 28.4 Å². The fourth-order valence-corrected chi connectivity index (χ4v) is 2.64. The number of rotatable bonds is 4. The van der Waals surface area contributed by atoms with E-state index in [0.29, 0.717) is 12.1 Å². The summed E-state index contributed by atoms with van der Waals surface area (Å²) in [5.41, 5.74) is 0.202. The summed E-state index contributed by atoms with van der Waals surface area (Å²) < 4.78 is 11.8. The molecule has 0 spiro atoms. The predicted molar refractivity (Wildman–Crippen MR) is 66.2 cm³/mol. The Hall–Kier alpha value is -0.320. The van der Waals surface area contributed by atoms with Crippen LogP contribution < -0.4 is 5.32 Å². The van der Waals surface area contributed by atoms with Gasteiger partial charge in [-0.1, -0.05) is 13.8 Å². The molecule has 3 nitrogen and oxygen atoms in total. The Morgan fingerprint density at radius 3 is 2.88 bits per heavy atom. The van der Waals surface area contributed by atoms with E-state index in [2.05, 4.69) is 35.1 Å². The minimum atomic E-state index is 0.202. The molecule has 2 atom stereocenters. The van der Waals surface area contributed by atoms with Crippen LogP contribution in [-0.4, -0.2) is 19.3 Å². The van der Waals surface area contributed by atoms with Crippen LogP contribution in [0, 0.1) is 5.41 Å². The second kappa shape index (κ2) is 4.51. The van der Waals surface area contributed by atoms with Crippen LogP contribution in [0.1, 0.15) is 26.0 Å². The van der Waals surface area contributed by atoms with Gasteiger partial charge in [0.1, 0.15) is 5.76 Å². The summed E-state index contributed by atoms with van der Waals surface area (Å²) in [4.78, 5) is 0. The van der Waals surface area contributed by atoms with Crippen molar-refractivity contribution in [2.75, 3.05) is 7.11 Å². The first-order chi connectivity index (χ1) is 7.55. The van der Waals surface area contributed by atoms with Crippen LogP contribution in [0.2, 0.25) is 0 Å². The van der Waals surface area contributed by atoms with Crippen LogP contribution >= 0.6 is 15.9 Å². The summed E-state index contributed by atoms with van der Waals surface area (Å²) >= 11 is 3.45. The molecule has 0 aliphatic heterocycles. The summed E-state index contributed by atoms with van der Waals surface area (Å²) in [6.07, 6.45) is 3.14. The van der Waals surface area contributed by atoms with Crippen LogP contribution in [0.15, 0.2) is 21.2 Å². The van der Waals surface area contributed by atoms with E-state index in [4.69, 9.17) is 9.15 Å². The van der Waals surface area contributed by atoms with E-state index in [1.54, 1.807) is 13.4 Å². The molecule has 1 heterocycles. The first-order valence-corrected chi connectivity index (χ1v) is 6.33. The van der Waals surface area contributed by atoms with E-state index in [0.717, 1.165) is 23.2 Å². The van der Waals surface area contributed by atoms with E-state index in [1.807, 2.05) is 6.07 Å². The average molecular weight is 288 g/mol. The highest BCUT2D eigenvalue weighted by atomic mass is 79.9. The Labute approximate surface area is 105 Å². The molecule has 0 aromatic carbocycles. The number of halogens is 1. The van der Waals surface area contributed by atoms with Crippen molar-refractivity contribution in [2.45, 2.75) is 39.0 Å². The zero-order valence-electron chi connectivity index (χ0n) is 9.92. The molecule has 0 amide bonds. The van der Waals surface area contributed by atoms with Crippen LogP contribution in [0.4, 0.5) is 0 Å². The second-order valence-electron chi connectivity index (χ2n) is 4.91. The summed E-state index contributed by atoms with van der Waals surface area (Å²) in [6, 6.07) is 2.41. The third-order valence-electron chi connectivity index (χ3n) is 3.66. The van der Waals surface area contributed by atoms with Crippen molar-refractivity contribution in [1.29, 1.82) is 0 Å². The average Bonchev–Trinajstić information content (AvgIpc) is 2.63. The Balaban J connectivity index is 1.87. The van der Waals surface area contributed by atoms with Crippen molar-refractivity contribution < 1.29 is 9.15 Å². The molecule has 0 bridgehead atoms. The van der Waals surface area contributed by atoms with Crippen molar-refractivity contribution >= 4 is 15.9 Å². The molecule has 1 aliphatic carbocycles. The minimum absolute atomic E-state index is 0.202. The second-order valence-corrected chi connectivity index (χ2v) is 5.76. The van der Waals surface area contributed by atoms with Gasteiger partial charge in [0.25, 0.3) is 0 Å². The van der Waals surface area contributed by atoms with Gasteiger partial charge < -0.3 is 14.5 Å². The standard InChI is InChI=1S/C12H18BrNO2/c1-12(2)10(6-11(12)15-3)14-7-9-8(13)4-5-16-9/h4-5,10-11,14H,6-7H2,1-3H3. The number of nitrogens with one attached hydrogen (secondary N) is 1. The fourth-order valence-electron chi connectivity index (χ4n) is 2.30. The molecule has 0 radical (unpaired) electrons. The SMILES string of the molecule is COC1CC(NCc2occc2Br)C1(C)C. The maximum Gasteiger partial charge on any atom is 0.131 e. The van der Waals surface area contributed by atoms with E-state index in [-0.39, 0.29) is 5.41 Å². The molecule has 4 heteroatoms. The van der Waals surface area contributed by atoms with Crippen molar-refractivity contribution in [1.82, 2.24) is 5.32 Å². The normalized spacial score (nSPS) is 27.8.